The van der Waals surface area contributed by atoms with Crippen molar-refractivity contribution in [2.75, 3.05) is 30.8 Å². The zero-order chi connectivity index (χ0) is 17.3. The Labute approximate surface area is 145 Å². The van der Waals surface area contributed by atoms with Crippen molar-refractivity contribution in [3.8, 4) is 0 Å². The topological polar surface area (TPSA) is 66.4 Å². The number of hydrogen-bond acceptors (Lipinski definition) is 6. The fourth-order valence-electron chi connectivity index (χ4n) is 2.86. The number of anilines is 1. The van der Waals surface area contributed by atoms with Crippen molar-refractivity contribution < 1.29 is 12.8 Å². The molecule has 0 bridgehead atoms. The number of piperazine rings is 1. The zero-order valence-electron chi connectivity index (χ0n) is 13.5. The molecule has 6 nitrogen and oxygen atoms in total. The lowest BCUT2D eigenvalue weighted by atomic mass is 10.1. The fraction of sp³-hybridized carbons (Fsp3) is 0.467. The van der Waals surface area contributed by atoms with Crippen molar-refractivity contribution in [1.29, 1.82) is 0 Å². The highest BCUT2D eigenvalue weighted by Gasteiger charge is 2.31. The first kappa shape index (κ1) is 17.2. The Morgan fingerprint density at radius 3 is 2.71 bits per heavy atom. The van der Waals surface area contributed by atoms with Crippen LogP contribution in [0.4, 0.5) is 9.52 Å². The van der Waals surface area contributed by atoms with E-state index < -0.39 is 10.0 Å². The Balaban J connectivity index is 1.70. The molecule has 1 aliphatic rings. The standard InChI is InChI=1S/C15H19FN4O2S2/c1-11-10-19(7-8-20(11)24(2,21)22)15-18-17-14(23-15)9-12-5-3-4-6-13(12)16/h3-6,11H,7-10H2,1-2H3/t11-/m0/s1. The van der Waals surface area contributed by atoms with Crippen molar-refractivity contribution in [2.45, 2.75) is 19.4 Å². The summed E-state index contributed by atoms with van der Waals surface area (Å²) < 4.78 is 38.7. The van der Waals surface area contributed by atoms with Gasteiger partial charge in [-0.05, 0) is 18.6 Å². The van der Waals surface area contributed by atoms with Gasteiger partial charge in [0.05, 0.1) is 6.26 Å². The second-order valence-electron chi connectivity index (χ2n) is 5.92. The molecule has 24 heavy (non-hydrogen) atoms. The van der Waals surface area contributed by atoms with E-state index in [0.717, 1.165) is 10.1 Å². The lowest BCUT2D eigenvalue weighted by molar-refractivity contribution is 0.308. The second-order valence-corrected chi connectivity index (χ2v) is 8.89. The maximum absolute atomic E-state index is 13.7. The molecule has 2 aromatic rings. The molecule has 1 aromatic carbocycles. The minimum Gasteiger partial charge on any atom is -0.344 e. The van der Waals surface area contributed by atoms with Crippen LogP contribution in [-0.2, 0) is 16.4 Å². The highest BCUT2D eigenvalue weighted by Crippen LogP contribution is 2.26. The van der Waals surface area contributed by atoms with Gasteiger partial charge >= 0.3 is 0 Å². The normalized spacial score (nSPS) is 19.6. The van der Waals surface area contributed by atoms with Crippen LogP contribution in [0.3, 0.4) is 0 Å². The third-order valence-electron chi connectivity index (χ3n) is 4.02. The number of aromatic nitrogens is 2. The number of halogens is 1. The lowest BCUT2D eigenvalue weighted by Gasteiger charge is -2.37. The molecular formula is C15H19FN4O2S2. The molecule has 1 aromatic heterocycles. The molecule has 130 valence electrons. The van der Waals surface area contributed by atoms with E-state index in [9.17, 15) is 12.8 Å². The van der Waals surface area contributed by atoms with Gasteiger partial charge in [-0.15, -0.1) is 10.2 Å². The smallest absolute Gasteiger partial charge is 0.211 e. The van der Waals surface area contributed by atoms with Gasteiger partial charge < -0.3 is 4.90 Å². The monoisotopic (exact) mass is 370 g/mol. The van der Waals surface area contributed by atoms with Crippen molar-refractivity contribution in [3.63, 3.8) is 0 Å². The molecule has 0 unspecified atom stereocenters. The number of rotatable bonds is 4. The van der Waals surface area contributed by atoms with E-state index in [2.05, 4.69) is 10.2 Å². The van der Waals surface area contributed by atoms with E-state index in [1.54, 1.807) is 18.2 Å². The molecule has 0 aliphatic carbocycles. The van der Waals surface area contributed by atoms with Gasteiger partial charge in [0, 0.05) is 32.1 Å². The Kier molecular flexibility index (Phi) is 4.84. The van der Waals surface area contributed by atoms with Crippen molar-refractivity contribution in [2.24, 2.45) is 0 Å². The van der Waals surface area contributed by atoms with E-state index in [0.29, 0.717) is 31.6 Å². The quantitative estimate of drug-likeness (QED) is 0.820. The predicted molar refractivity (Wildman–Crippen MR) is 92.3 cm³/mol. The Hall–Kier alpha value is -1.58. The van der Waals surface area contributed by atoms with Crippen molar-refractivity contribution in [1.82, 2.24) is 14.5 Å². The third-order valence-corrected chi connectivity index (χ3v) is 6.40. The van der Waals surface area contributed by atoms with E-state index in [1.807, 2.05) is 11.8 Å². The summed E-state index contributed by atoms with van der Waals surface area (Å²) in [7, 11) is -3.19. The molecule has 1 fully saturated rings. The fourth-order valence-corrected chi connectivity index (χ4v) is 4.89. The van der Waals surface area contributed by atoms with Gasteiger partial charge in [0.2, 0.25) is 15.2 Å². The maximum atomic E-state index is 13.7. The highest BCUT2D eigenvalue weighted by atomic mass is 32.2. The maximum Gasteiger partial charge on any atom is 0.211 e. The van der Waals surface area contributed by atoms with Gasteiger partial charge in [-0.2, -0.15) is 4.31 Å². The lowest BCUT2D eigenvalue weighted by Crippen LogP contribution is -2.53. The van der Waals surface area contributed by atoms with Crippen LogP contribution in [0, 0.1) is 5.82 Å². The zero-order valence-corrected chi connectivity index (χ0v) is 15.1. The summed E-state index contributed by atoms with van der Waals surface area (Å²) >= 11 is 1.42. The summed E-state index contributed by atoms with van der Waals surface area (Å²) in [6.07, 6.45) is 1.64. The van der Waals surface area contributed by atoms with Crippen molar-refractivity contribution in [3.05, 3.63) is 40.7 Å². The second kappa shape index (κ2) is 6.73. The van der Waals surface area contributed by atoms with Gasteiger partial charge in [0.1, 0.15) is 10.8 Å². The average Bonchev–Trinajstić information content (AvgIpc) is 2.97. The first-order valence-electron chi connectivity index (χ1n) is 7.62. The summed E-state index contributed by atoms with van der Waals surface area (Å²) in [4.78, 5) is 2.04. The summed E-state index contributed by atoms with van der Waals surface area (Å²) in [6.45, 7) is 3.46. The van der Waals surface area contributed by atoms with Crippen LogP contribution in [-0.4, -0.2) is 54.9 Å². The first-order chi connectivity index (χ1) is 11.3. The first-order valence-corrected chi connectivity index (χ1v) is 10.3. The van der Waals surface area contributed by atoms with E-state index >= 15 is 0 Å². The number of hydrogen-bond donors (Lipinski definition) is 0. The number of sulfonamides is 1. The molecule has 0 radical (unpaired) electrons. The van der Waals surface area contributed by atoms with E-state index in [4.69, 9.17) is 0 Å². The Morgan fingerprint density at radius 1 is 1.29 bits per heavy atom. The van der Waals surface area contributed by atoms with Crippen molar-refractivity contribution >= 4 is 26.5 Å². The van der Waals surface area contributed by atoms with E-state index in [-0.39, 0.29) is 11.9 Å². The minimum absolute atomic E-state index is 0.118. The largest absolute Gasteiger partial charge is 0.344 e. The molecule has 0 amide bonds. The van der Waals surface area contributed by atoms with Gasteiger partial charge in [0.25, 0.3) is 0 Å². The van der Waals surface area contributed by atoms with Crippen LogP contribution in [0.2, 0.25) is 0 Å². The molecule has 0 spiro atoms. The summed E-state index contributed by atoms with van der Waals surface area (Å²) in [6, 6.07) is 6.51. The molecule has 1 atom stereocenters. The molecule has 3 rings (SSSR count). The van der Waals surface area contributed by atoms with Crippen LogP contribution < -0.4 is 4.90 Å². The van der Waals surface area contributed by atoms with Crippen LogP contribution in [0.5, 0.6) is 0 Å². The molecule has 1 saturated heterocycles. The van der Waals surface area contributed by atoms with Gasteiger partial charge in [0.15, 0.2) is 0 Å². The molecule has 1 aliphatic heterocycles. The van der Waals surface area contributed by atoms with Crippen LogP contribution in [0.15, 0.2) is 24.3 Å². The number of benzene rings is 1. The minimum atomic E-state index is -3.19. The molecule has 2 heterocycles. The molecule has 0 saturated carbocycles. The van der Waals surface area contributed by atoms with Crippen LogP contribution in [0.25, 0.3) is 0 Å². The molecule has 9 heteroatoms. The SMILES string of the molecule is C[C@H]1CN(c2nnc(Cc3ccccc3F)s2)CCN1S(C)(=O)=O. The highest BCUT2D eigenvalue weighted by molar-refractivity contribution is 7.88. The van der Waals surface area contributed by atoms with Gasteiger partial charge in [-0.3, -0.25) is 0 Å². The van der Waals surface area contributed by atoms with Gasteiger partial charge in [-0.25, -0.2) is 12.8 Å². The Bertz CT molecular complexity index is 824. The number of nitrogens with zero attached hydrogens (tertiary/aromatic N) is 4. The summed E-state index contributed by atoms with van der Waals surface area (Å²) in [5, 5.41) is 9.84. The third kappa shape index (κ3) is 3.73. The van der Waals surface area contributed by atoms with Crippen LogP contribution >= 0.6 is 11.3 Å². The van der Waals surface area contributed by atoms with Gasteiger partial charge in [-0.1, -0.05) is 29.5 Å². The van der Waals surface area contributed by atoms with E-state index in [1.165, 1.54) is 28.0 Å². The average molecular weight is 370 g/mol. The summed E-state index contributed by atoms with van der Waals surface area (Å²) in [5.74, 6) is -0.246. The summed E-state index contributed by atoms with van der Waals surface area (Å²) in [5.41, 5.74) is 0.593. The molecular weight excluding hydrogens is 351 g/mol. The predicted octanol–water partition coefficient (Wildman–Crippen LogP) is 1.74. The molecule has 0 N–H and O–H groups in total. The van der Waals surface area contributed by atoms with Crippen LogP contribution in [0.1, 0.15) is 17.5 Å². The Morgan fingerprint density at radius 2 is 2.04 bits per heavy atom.